The van der Waals surface area contributed by atoms with Crippen molar-refractivity contribution in [2.75, 3.05) is 7.11 Å². The fourth-order valence-electron chi connectivity index (χ4n) is 3.39. The molecule has 0 radical (unpaired) electrons. The van der Waals surface area contributed by atoms with Crippen molar-refractivity contribution in [3.63, 3.8) is 0 Å². The van der Waals surface area contributed by atoms with E-state index in [1.165, 1.54) is 12.1 Å². The van der Waals surface area contributed by atoms with Crippen LogP contribution in [0.3, 0.4) is 0 Å². The second-order valence-corrected chi connectivity index (χ2v) is 7.38. The highest BCUT2D eigenvalue weighted by Gasteiger charge is 2.53. The number of hydrogen-bond donors (Lipinski definition) is 1. The SMILES string of the molecule is COC(=O)C[C@H]1O[C@@H](Oc2ccc(CO)cc2[N+](=O)[O-])[C@H](OC(C)=O)[C@@H](OC(C)=O)[C@@H]1OC(C)=O. The van der Waals surface area contributed by atoms with Crippen molar-refractivity contribution in [1.29, 1.82) is 0 Å². The van der Waals surface area contributed by atoms with E-state index in [1.54, 1.807) is 0 Å². The zero-order chi connectivity index (χ0) is 26.3. The predicted molar refractivity (Wildman–Crippen MR) is 112 cm³/mol. The third-order valence-electron chi connectivity index (χ3n) is 4.74. The molecule has 0 spiro atoms. The quantitative estimate of drug-likeness (QED) is 0.215. The predicted octanol–water partition coefficient (Wildman–Crippen LogP) is 0.549. The lowest BCUT2D eigenvalue weighted by Gasteiger charge is -2.43. The smallest absolute Gasteiger partial charge is 0.311 e. The Labute approximate surface area is 199 Å². The van der Waals surface area contributed by atoms with Gasteiger partial charge in [0.25, 0.3) is 0 Å². The van der Waals surface area contributed by atoms with Crippen LogP contribution in [0.15, 0.2) is 18.2 Å². The van der Waals surface area contributed by atoms with Crippen molar-refractivity contribution in [1.82, 2.24) is 0 Å². The molecule has 1 fully saturated rings. The van der Waals surface area contributed by atoms with Crippen LogP contribution in [0.1, 0.15) is 32.8 Å². The number of nitrogens with zero attached hydrogens (tertiary/aromatic N) is 1. The number of nitro benzene ring substituents is 1. The van der Waals surface area contributed by atoms with Gasteiger partial charge in [-0.3, -0.25) is 29.3 Å². The summed E-state index contributed by atoms with van der Waals surface area (Å²) < 4.78 is 31.8. The Morgan fingerprint density at radius 3 is 2.09 bits per heavy atom. The monoisotopic (exact) mass is 499 g/mol. The summed E-state index contributed by atoms with van der Waals surface area (Å²) in [6.07, 6.45) is -7.96. The fraction of sp³-hybridized carbons (Fsp3) is 0.524. The van der Waals surface area contributed by atoms with E-state index in [2.05, 4.69) is 4.74 Å². The number of benzene rings is 1. The third-order valence-corrected chi connectivity index (χ3v) is 4.74. The van der Waals surface area contributed by atoms with Gasteiger partial charge in [0.1, 0.15) is 6.10 Å². The molecule has 1 aliphatic heterocycles. The Balaban J connectivity index is 2.57. The van der Waals surface area contributed by atoms with Crippen LogP contribution < -0.4 is 4.74 Å². The van der Waals surface area contributed by atoms with Gasteiger partial charge in [-0.05, 0) is 11.6 Å². The molecule has 2 rings (SSSR count). The molecule has 1 saturated heterocycles. The molecule has 1 aromatic carbocycles. The van der Waals surface area contributed by atoms with Gasteiger partial charge in [0.2, 0.25) is 12.4 Å². The van der Waals surface area contributed by atoms with E-state index < -0.39 is 78.2 Å². The van der Waals surface area contributed by atoms with Gasteiger partial charge in [-0.15, -0.1) is 0 Å². The molecule has 14 nitrogen and oxygen atoms in total. The van der Waals surface area contributed by atoms with Crippen LogP contribution in [-0.4, -0.2) is 71.7 Å². The molecule has 0 saturated carbocycles. The van der Waals surface area contributed by atoms with E-state index in [1.807, 2.05) is 0 Å². The molecule has 35 heavy (non-hydrogen) atoms. The van der Waals surface area contributed by atoms with Crippen LogP contribution in [0, 0.1) is 10.1 Å². The summed E-state index contributed by atoms with van der Waals surface area (Å²) in [5.41, 5.74) is -0.321. The molecule has 0 unspecified atom stereocenters. The van der Waals surface area contributed by atoms with E-state index in [4.69, 9.17) is 23.7 Å². The minimum absolute atomic E-state index is 0.224. The van der Waals surface area contributed by atoms with E-state index in [9.17, 15) is 34.4 Å². The lowest BCUT2D eigenvalue weighted by atomic mass is 9.95. The first-order valence-corrected chi connectivity index (χ1v) is 10.3. The molecular formula is C21H25NO13. The third kappa shape index (κ3) is 7.35. The standard InChI is InChI=1S/C21H25NO13/c1-10(24)31-18-16(8-17(27)30-4)35-21(20(33-12(3)26)19(18)32-11(2)25)34-15-6-5-13(9-23)7-14(15)22(28)29/h5-7,16,18-21,23H,8-9H2,1-4H3/t16-,18-,19+,20-,21-/m1/s1. The van der Waals surface area contributed by atoms with Crippen LogP contribution in [0.2, 0.25) is 0 Å². The van der Waals surface area contributed by atoms with Gasteiger partial charge in [-0.25, -0.2) is 0 Å². The number of methoxy groups -OCH3 is 1. The number of carbonyl (C=O) groups is 4. The number of nitro groups is 1. The number of aliphatic hydroxyl groups excluding tert-OH is 1. The zero-order valence-electron chi connectivity index (χ0n) is 19.3. The number of ether oxygens (including phenoxy) is 6. The second kappa shape index (κ2) is 12.1. The van der Waals surface area contributed by atoms with Gasteiger partial charge < -0.3 is 33.5 Å². The first-order chi connectivity index (χ1) is 16.5. The highest BCUT2D eigenvalue weighted by atomic mass is 16.7. The van der Waals surface area contributed by atoms with Crippen LogP contribution in [-0.2, 0) is 49.5 Å². The summed E-state index contributed by atoms with van der Waals surface area (Å²) in [4.78, 5) is 58.2. The van der Waals surface area contributed by atoms with Gasteiger partial charge in [0, 0.05) is 26.8 Å². The zero-order valence-corrected chi connectivity index (χ0v) is 19.3. The Morgan fingerprint density at radius 2 is 1.57 bits per heavy atom. The average molecular weight is 499 g/mol. The highest BCUT2D eigenvalue weighted by molar-refractivity contribution is 5.71. The molecule has 0 amide bonds. The Bertz CT molecular complexity index is 978. The lowest BCUT2D eigenvalue weighted by molar-refractivity contribution is -0.387. The molecule has 1 heterocycles. The van der Waals surface area contributed by atoms with Gasteiger partial charge in [-0.1, -0.05) is 6.07 Å². The molecule has 5 atom stereocenters. The van der Waals surface area contributed by atoms with Crippen LogP contribution in [0.25, 0.3) is 0 Å². The van der Waals surface area contributed by atoms with Crippen molar-refractivity contribution >= 4 is 29.6 Å². The maximum atomic E-state index is 12.0. The van der Waals surface area contributed by atoms with E-state index in [0.29, 0.717) is 0 Å². The van der Waals surface area contributed by atoms with Gasteiger partial charge in [-0.2, -0.15) is 0 Å². The summed E-state index contributed by atoms with van der Waals surface area (Å²) in [7, 11) is 1.11. The van der Waals surface area contributed by atoms with Crippen molar-refractivity contribution in [3.05, 3.63) is 33.9 Å². The molecule has 192 valence electrons. The first kappa shape index (κ1) is 27.5. The topological polar surface area (TPSA) is 187 Å². The van der Waals surface area contributed by atoms with E-state index in [0.717, 1.165) is 33.9 Å². The Morgan fingerprint density at radius 1 is 1.00 bits per heavy atom. The highest BCUT2D eigenvalue weighted by Crippen LogP contribution is 2.35. The van der Waals surface area contributed by atoms with E-state index in [-0.39, 0.29) is 11.3 Å². The number of hydrogen-bond acceptors (Lipinski definition) is 13. The largest absolute Gasteiger partial charge is 0.469 e. The molecular weight excluding hydrogens is 474 g/mol. The summed E-state index contributed by atoms with van der Waals surface area (Å²) in [5, 5.41) is 20.8. The number of aliphatic hydroxyl groups is 1. The molecule has 0 bridgehead atoms. The van der Waals surface area contributed by atoms with E-state index >= 15 is 0 Å². The number of esters is 4. The number of carbonyl (C=O) groups excluding carboxylic acids is 4. The van der Waals surface area contributed by atoms with Crippen molar-refractivity contribution in [2.45, 2.75) is 64.5 Å². The van der Waals surface area contributed by atoms with Crippen molar-refractivity contribution in [3.8, 4) is 5.75 Å². The van der Waals surface area contributed by atoms with Crippen molar-refractivity contribution in [2.24, 2.45) is 0 Å². The van der Waals surface area contributed by atoms with Gasteiger partial charge in [0.05, 0.1) is 25.1 Å². The molecule has 1 N–H and O–H groups in total. The number of rotatable bonds is 9. The maximum absolute atomic E-state index is 12.0. The summed E-state index contributed by atoms with van der Waals surface area (Å²) in [5.74, 6) is -3.64. The molecule has 0 aliphatic carbocycles. The molecule has 14 heteroatoms. The second-order valence-electron chi connectivity index (χ2n) is 7.38. The van der Waals surface area contributed by atoms with Crippen LogP contribution >= 0.6 is 0 Å². The lowest BCUT2D eigenvalue weighted by Crippen LogP contribution is -2.63. The van der Waals surface area contributed by atoms with Crippen LogP contribution in [0.5, 0.6) is 5.75 Å². The molecule has 1 aliphatic rings. The van der Waals surface area contributed by atoms with Gasteiger partial charge in [0.15, 0.2) is 18.0 Å². The minimum Gasteiger partial charge on any atom is -0.469 e. The van der Waals surface area contributed by atoms with Crippen LogP contribution in [0.4, 0.5) is 5.69 Å². The fourth-order valence-corrected chi connectivity index (χ4v) is 3.39. The summed E-state index contributed by atoms with van der Waals surface area (Å²) >= 11 is 0. The minimum atomic E-state index is -1.65. The maximum Gasteiger partial charge on any atom is 0.311 e. The van der Waals surface area contributed by atoms with Crippen molar-refractivity contribution < 1.29 is 57.6 Å². The summed E-state index contributed by atoms with van der Waals surface area (Å²) in [6.45, 7) is 2.68. The Kier molecular flexibility index (Phi) is 9.48. The molecule has 1 aromatic rings. The Hall–Kier alpha value is -3.78. The summed E-state index contributed by atoms with van der Waals surface area (Å²) in [6, 6.07) is 3.60. The van der Waals surface area contributed by atoms with Gasteiger partial charge >= 0.3 is 29.6 Å². The first-order valence-electron chi connectivity index (χ1n) is 10.3. The average Bonchev–Trinajstić information content (AvgIpc) is 2.77. The normalized spacial score (nSPS) is 23.5. The molecule has 0 aromatic heterocycles.